The largest absolute Gasteiger partial charge is 0.309 e. The Hall–Kier alpha value is -1.70. The van der Waals surface area contributed by atoms with E-state index in [0.717, 1.165) is 15.1 Å². The average molecular weight is 380 g/mol. The van der Waals surface area contributed by atoms with Crippen molar-refractivity contribution in [3.8, 4) is 0 Å². The number of anilines is 3. The van der Waals surface area contributed by atoms with Crippen molar-refractivity contribution in [3.05, 3.63) is 39.7 Å². The summed E-state index contributed by atoms with van der Waals surface area (Å²) in [6, 6.07) is 5.61. The van der Waals surface area contributed by atoms with Crippen LogP contribution in [0.5, 0.6) is 0 Å². The second kappa shape index (κ2) is 5.01. The van der Waals surface area contributed by atoms with Gasteiger partial charge in [0, 0.05) is 29.6 Å². The minimum Gasteiger partial charge on any atom is -0.309 e. The lowest BCUT2D eigenvalue weighted by molar-refractivity contribution is 0.0994. The van der Waals surface area contributed by atoms with Crippen molar-refractivity contribution in [3.63, 3.8) is 0 Å². The van der Waals surface area contributed by atoms with E-state index in [1.807, 2.05) is 30.0 Å². The lowest BCUT2D eigenvalue weighted by Gasteiger charge is -2.22. The molecule has 0 atom stereocenters. The van der Waals surface area contributed by atoms with E-state index in [2.05, 4.69) is 32.6 Å². The second-order valence-electron chi connectivity index (χ2n) is 4.48. The molecule has 0 saturated heterocycles. The zero-order chi connectivity index (χ0) is 14.3. The number of pyridine rings is 2. The van der Waals surface area contributed by atoms with Gasteiger partial charge in [0.15, 0.2) is 5.82 Å². The maximum Gasteiger partial charge on any atom is 0.261 e. The minimum atomic E-state index is -0.0591. The number of hydrogen-bond acceptors (Lipinski definition) is 4. The molecule has 0 spiro atoms. The zero-order valence-corrected chi connectivity index (χ0v) is 13.3. The Kier molecular flexibility index (Phi) is 3.33. The Labute approximate surface area is 130 Å². The van der Waals surface area contributed by atoms with Crippen LogP contribution in [0, 0.1) is 3.57 Å². The second-order valence-corrected chi connectivity index (χ2v) is 5.72. The SMILES string of the molecule is CCN1c2ncc(I)cc2C(=O)N(C)c2cccnc21. The summed E-state index contributed by atoms with van der Waals surface area (Å²) in [5, 5.41) is 0. The Balaban J connectivity index is 2.31. The van der Waals surface area contributed by atoms with Crippen LogP contribution in [0.2, 0.25) is 0 Å². The van der Waals surface area contributed by atoms with Gasteiger partial charge >= 0.3 is 0 Å². The van der Waals surface area contributed by atoms with Gasteiger partial charge in [-0.3, -0.25) is 4.79 Å². The number of aromatic nitrogens is 2. The molecular weight excluding hydrogens is 367 g/mol. The first-order valence-corrected chi connectivity index (χ1v) is 7.37. The van der Waals surface area contributed by atoms with Crippen LogP contribution in [0.15, 0.2) is 30.6 Å². The molecule has 0 aromatic carbocycles. The molecule has 0 aliphatic carbocycles. The third-order valence-corrected chi connectivity index (χ3v) is 3.91. The molecule has 20 heavy (non-hydrogen) atoms. The standard InChI is InChI=1S/C14H13IN4O/c1-3-19-12-10(7-9(15)8-17-12)14(20)18(2)11-5-4-6-16-13(11)19/h4-8H,3H2,1-2H3. The Bertz CT molecular complexity index is 689. The smallest absolute Gasteiger partial charge is 0.261 e. The Morgan fingerprint density at radius 2 is 2.10 bits per heavy atom. The summed E-state index contributed by atoms with van der Waals surface area (Å²) in [6.45, 7) is 2.73. The average Bonchev–Trinajstić information content (AvgIpc) is 2.55. The summed E-state index contributed by atoms with van der Waals surface area (Å²) in [6.07, 6.45) is 3.50. The molecule has 0 saturated carbocycles. The summed E-state index contributed by atoms with van der Waals surface area (Å²) < 4.78 is 0.943. The van der Waals surface area contributed by atoms with Crippen molar-refractivity contribution in [2.75, 3.05) is 23.4 Å². The Morgan fingerprint density at radius 1 is 1.30 bits per heavy atom. The predicted octanol–water partition coefficient (Wildman–Crippen LogP) is 2.83. The summed E-state index contributed by atoms with van der Waals surface area (Å²) in [5.74, 6) is 1.37. The number of hydrogen-bond donors (Lipinski definition) is 0. The number of nitrogens with zero attached hydrogens (tertiary/aromatic N) is 4. The fraction of sp³-hybridized carbons (Fsp3) is 0.214. The van der Waals surface area contributed by atoms with E-state index < -0.39 is 0 Å². The molecule has 0 fully saturated rings. The van der Waals surface area contributed by atoms with Gasteiger partial charge in [0.25, 0.3) is 5.91 Å². The van der Waals surface area contributed by atoms with Crippen molar-refractivity contribution in [1.82, 2.24) is 9.97 Å². The topological polar surface area (TPSA) is 49.3 Å². The van der Waals surface area contributed by atoms with Crippen LogP contribution in [0.25, 0.3) is 0 Å². The van der Waals surface area contributed by atoms with E-state index in [0.29, 0.717) is 17.9 Å². The van der Waals surface area contributed by atoms with Gasteiger partial charge in [0.05, 0.1) is 11.3 Å². The van der Waals surface area contributed by atoms with E-state index in [-0.39, 0.29) is 5.91 Å². The van der Waals surface area contributed by atoms with Crippen LogP contribution in [0.1, 0.15) is 17.3 Å². The number of fused-ring (bicyclic) bond motifs is 2. The van der Waals surface area contributed by atoms with E-state index >= 15 is 0 Å². The minimum absolute atomic E-state index is 0.0591. The van der Waals surface area contributed by atoms with Gasteiger partial charge in [0.1, 0.15) is 5.82 Å². The van der Waals surface area contributed by atoms with Crippen molar-refractivity contribution in [1.29, 1.82) is 0 Å². The zero-order valence-electron chi connectivity index (χ0n) is 11.2. The number of amides is 1. The van der Waals surface area contributed by atoms with Gasteiger partial charge in [-0.05, 0) is 47.7 Å². The van der Waals surface area contributed by atoms with Gasteiger partial charge in [-0.2, -0.15) is 0 Å². The molecule has 1 aliphatic rings. The molecule has 1 aliphatic heterocycles. The summed E-state index contributed by atoms with van der Waals surface area (Å²) in [7, 11) is 1.77. The highest BCUT2D eigenvalue weighted by Crippen LogP contribution is 2.37. The van der Waals surface area contributed by atoms with Crippen LogP contribution in [-0.2, 0) is 0 Å². The molecule has 3 heterocycles. The molecule has 102 valence electrons. The highest BCUT2D eigenvalue weighted by Gasteiger charge is 2.30. The number of carbonyl (C=O) groups is 1. The summed E-state index contributed by atoms with van der Waals surface area (Å²) in [4.78, 5) is 25.1. The molecule has 3 rings (SSSR count). The van der Waals surface area contributed by atoms with Gasteiger partial charge in [-0.15, -0.1) is 0 Å². The highest BCUT2D eigenvalue weighted by atomic mass is 127. The van der Waals surface area contributed by atoms with Crippen LogP contribution >= 0.6 is 22.6 Å². The van der Waals surface area contributed by atoms with Crippen molar-refractivity contribution < 1.29 is 4.79 Å². The molecule has 5 nitrogen and oxygen atoms in total. The maximum absolute atomic E-state index is 12.6. The number of carbonyl (C=O) groups excluding carboxylic acids is 1. The van der Waals surface area contributed by atoms with Gasteiger partial charge in [0.2, 0.25) is 0 Å². The van der Waals surface area contributed by atoms with E-state index in [4.69, 9.17) is 0 Å². The van der Waals surface area contributed by atoms with Gasteiger partial charge in [-0.25, -0.2) is 9.97 Å². The monoisotopic (exact) mass is 380 g/mol. The number of halogens is 1. The normalized spacial score (nSPS) is 13.8. The van der Waals surface area contributed by atoms with Crippen LogP contribution < -0.4 is 9.80 Å². The van der Waals surface area contributed by atoms with E-state index in [1.54, 1.807) is 24.3 Å². The lowest BCUT2D eigenvalue weighted by atomic mass is 10.2. The molecule has 2 aromatic heterocycles. The number of rotatable bonds is 1. The maximum atomic E-state index is 12.6. The molecule has 2 aromatic rings. The first-order valence-electron chi connectivity index (χ1n) is 6.29. The first-order chi connectivity index (χ1) is 9.63. The van der Waals surface area contributed by atoms with Crippen molar-refractivity contribution >= 4 is 45.8 Å². The Morgan fingerprint density at radius 3 is 2.85 bits per heavy atom. The van der Waals surface area contributed by atoms with Gasteiger partial charge < -0.3 is 9.80 Å². The van der Waals surface area contributed by atoms with E-state index in [9.17, 15) is 4.79 Å². The van der Waals surface area contributed by atoms with Crippen molar-refractivity contribution in [2.45, 2.75) is 6.92 Å². The summed E-state index contributed by atoms with van der Waals surface area (Å²) >= 11 is 2.17. The molecular formula is C14H13IN4O. The third kappa shape index (κ3) is 1.94. The lowest BCUT2D eigenvalue weighted by Crippen LogP contribution is -2.25. The molecule has 0 unspecified atom stereocenters. The van der Waals surface area contributed by atoms with E-state index in [1.165, 1.54) is 0 Å². The third-order valence-electron chi connectivity index (χ3n) is 3.32. The summed E-state index contributed by atoms with van der Waals surface area (Å²) in [5.41, 5.74) is 1.41. The predicted molar refractivity (Wildman–Crippen MR) is 86.6 cm³/mol. The van der Waals surface area contributed by atoms with Gasteiger partial charge in [-0.1, -0.05) is 0 Å². The molecule has 0 N–H and O–H groups in total. The van der Waals surface area contributed by atoms with Crippen molar-refractivity contribution in [2.24, 2.45) is 0 Å². The highest BCUT2D eigenvalue weighted by molar-refractivity contribution is 14.1. The van der Waals surface area contributed by atoms with Crippen LogP contribution in [0.3, 0.4) is 0 Å². The van der Waals surface area contributed by atoms with Crippen LogP contribution in [0.4, 0.5) is 17.3 Å². The molecule has 6 heteroatoms. The molecule has 0 radical (unpaired) electrons. The molecule has 0 bridgehead atoms. The first kappa shape index (κ1) is 13.3. The fourth-order valence-corrected chi connectivity index (χ4v) is 2.80. The van der Waals surface area contributed by atoms with Crippen LogP contribution in [-0.4, -0.2) is 29.5 Å². The molecule has 1 amide bonds. The fourth-order valence-electron chi connectivity index (χ4n) is 2.35. The quantitative estimate of drug-likeness (QED) is 0.714.